The van der Waals surface area contributed by atoms with Crippen molar-refractivity contribution in [3.05, 3.63) is 65.2 Å². The van der Waals surface area contributed by atoms with Gasteiger partial charge in [-0.1, -0.05) is 35.9 Å². The first-order valence-electron chi connectivity index (χ1n) is 9.39. The predicted octanol–water partition coefficient (Wildman–Crippen LogP) is 2.57. The summed E-state index contributed by atoms with van der Waals surface area (Å²) in [5, 5.41) is 2.98. The maximum Gasteiger partial charge on any atom is 0.251 e. The van der Waals surface area contributed by atoms with E-state index < -0.39 is 10.0 Å². The fourth-order valence-electron chi connectivity index (χ4n) is 3.41. The van der Waals surface area contributed by atoms with Gasteiger partial charge in [0.1, 0.15) is 0 Å². The number of rotatable bonds is 6. The summed E-state index contributed by atoms with van der Waals surface area (Å²) in [6, 6.07) is 15.1. The number of nitrogens with one attached hydrogen (secondary N) is 1. The van der Waals surface area contributed by atoms with Crippen LogP contribution in [0.2, 0.25) is 0 Å². The molecule has 2 aromatic rings. The van der Waals surface area contributed by atoms with E-state index in [1.54, 1.807) is 24.3 Å². The van der Waals surface area contributed by atoms with Crippen molar-refractivity contribution >= 4 is 21.6 Å². The zero-order valence-corrected chi connectivity index (χ0v) is 17.4. The molecule has 0 aliphatic carbocycles. The van der Waals surface area contributed by atoms with Crippen LogP contribution in [0.4, 0.5) is 5.69 Å². The summed E-state index contributed by atoms with van der Waals surface area (Å²) in [4.78, 5) is 14.8. The van der Waals surface area contributed by atoms with Crippen LogP contribution in [0.3, 0.4) is 0 Å². The largest absolute Gasteiger partial charge is 0.350 e. The molecule has 2 aromatic carbocycles. The monoisotopic (exact) mass is 401 g/mol. The first kappa shape index (κ1) is 20.4. The molecule has 0 saturated carbocycles. The number of carbonyl (C=O) groups excluding carboxylic acids is 1. The summed E-state index contributed by atoms with van der Waals surface area (Å²) in [5.41, 5.74) is 3.33. The number of nitrogens with zero attached hydrogens (tertiary/aromatic N) is 2. The number of carbonyl (C=O) groups is 1. The molecule has 0 bridgehead atoms. The Morgan fingerprint density at radius 3 is 2.50 bits per heavy atom. The average molecular weight is 402 g/mol. The molecule has 150 valence electrons. The van der Waals surface area contributed by atoms with E-state index in [9.17, 15) is 13.2 Å². The van der Waals surface area contributed by atoms with Crippen LogP contribution in [0.25, 0.3) is 0 Å². The molecule has 1 aliphatic rings. The Morgan fingerprint density at radius 2 is 1.89 bits per heavy atom. The molecule has 1 aliphatic heterocycles. The van der Waals surface area contributed by atoms with Crippen molar-refractivity contribution in [2.45, 2.75) is 19.4 Å². The number of sulfonamides is 1. The van der Waals surface area contributed by atoms with Gasteiger partial charge in [0.25, 0.3) is 5.91 Å². The van der Waals surface area contributed by atoms with Gasteiger partial charge < -0.3 is 10.2 Å². The minimum atomic E-state index is -3.26. The van der Waals surface area contributed by atoms with Crippen molar-refractivity contribution in [1.82, 2.24) is 10.2 Å². The molecule has 0 spiro atoms. The van der Waals surface area contributed by atoms with E-state index in [1.165, 1.54) is 9.87 Å². The van der Waals surface area contributed by atoms with Crippen LogP contribution < -0.4 is 9.62 Å². The lowest BCUT2D eigenvalue weighted by molar-refractivity contribution is 0.0942. The van der Waals surface area contributed by atoms with Gasteiger partial charge in [-0.3, -0.25) is 9.10 Å². The third-order valence-electron chi connectivity index (χ3n) is 5.04. The molecule has 1 saturated heterocycles. The van der Waals surface area contributed by atoms with Gasteiger partial charge in [0, 0.05) is 18.7 Å². The number of likely N-dealkylation sites (N-methyl/N-ethyl adjacent to an activating group) is 1. The van der Waals surface area contributed by atoms with Crippen molar-refractivity contribution in [2.75, 3.05) is 37.2 Å². The Kier molecular flexibility index (Phi) is 6.05. The first-order valence-corrected chi connectivity index (χ1v) is 11.0. The van der Waals surface area contributed by atoms with E-state index in [4.69, 9.17) is 0 Å². The van der Waals surface area contributed by atoms with Crippen molar-refractivity contribution in [3.8, 4) is 0 Å². The predicted molar refractivity (Wildman–Crippen MR) is 112 cm³/mol. The summed E-state index contributed by atoms with van der Waals surface area (Å²) in [5.74, 6) is -0.0535. The molecule has 1 unspecified atom stereocenters. The van der Waals surface area contributed by atoms with E-state index in [1.807, 2.05) is 21.0 Å². The molecular formula is C21H27N3O3S. The Bertz CT molecular complexity index is 940. The average Bonchev–Trinajstić information content (AvgIpc) is 3.02. The molecule has 1 heterocycles. The number of amides is 1. The lowest BCUT2D eigenvalue weighted by Crippen LogP contribution is -2.34. The molecule has 1 amide bonds. The van der Waals surface area contributed by atoms with Crippen molar-refractivity contribution in [2.24, 2.45) is 0 Å². The Hall–Kier alpha value is -2.38. The second-order valence-corrected chi connectivity index (χ2v) is 9.40. The second-order valence-electron chi connectivity index (χ2n) is 7.39. The minimum absolute atomic E-state index is 0.0479. The van der Waals surface area contributed by atoms with Gasteiger partial charge in [-0.05, 0) is 51.2 Å². The highest BCUT2D eigenvalue weighted by Gasteiger charge is 2.28. The molecule has 3 rings (SSSR count). The van der Waals surface area contributed by atoms with Gasteiger partial charge in [0.15, 0.2) is 0 Å². The molecule has 0 aromatic heterocycles. The van der Waals surface area contributed by atoms with E-state index in [0.717, 1.165) is 5.56 Å². The zero-order chi connectivity index (χ0) is 20.3. The number of anilines is 1. The number of aryl methyl sites for hydroxylation is 1. The van der Waals surface area contributed by atoms with Crippen LogP contribution in [0.1, 0.15) is 33.9 Å². The van der Waals surface area contributed by atoms with Crippen LogP contribution >= 0.6 is 0 Å². The minimum Gasteiger partial charge on any atom is -0.350 e. The van der Waals surface area contributed by atoms with E-state index >= 15 is 0 Å². The Balaban J connectivity index is 1.72. The van der Waals surface area contributed by atoms with Crippen molar-refractivity contribution in [3.63, 3.8) is 0 Å². The number of benzene rings is 2. The SMILES string of the molecule is Cc1ccc(C(CNC(=O)c2cccc(N3CCCS3(=O)=O)c2)N(C)C)cc1. The molecule has 6 nitrogen and oxygen atoms in total. The molecule has 1 atom stereocenters. The van der Waals surface area contributed by atoms with Crippen LogP contribution in [0, 0.1) is 6.92 Å². The van der Waals surface area contributed by atoms with Gasteiger partial charge in [-0.15, -0.1) is 0 Å². The Labute approximate surface area is 167 Å². The Morgan fingerprint density at radius 1 is 1.18 bits per heavy atom. The summed E-state index contributed by atoms with van der Waals surface area (Å²) >= 11 is 0. The van der Waals surface area contributed by atoms with Crippen LogP contribution in [-0.4, -0.2) is 52.2 Å². The standard InChI is InChI=1S/C21H27N3O3S/c1-16-8-10-17(11-9-16)20(23(2)3)15-22-21(25)18-6-4-7-19(14-18)24-12-5-13-28(24,26)27/h4,6-11,14,20H,5,12-13,15H2,1-3H3,(H,22,25). The highest BCUT2D eigenvalue weighted by molar-refractivity contribution is 7.93. The lowest BCUT2D eigenvalue weighted by atomic mass is 10.0. The van der Waals surface area contributed by atoms with Gasteiger partial charge in [0.05, 0.1) is 17.5 Å². The third kappa shape index (κ3) is 4.54. The van der Waals surface area contributed by atoms with Gasteiger partial charge in [-0.2, -0.15) is 0 Å². The molecule has 7 heteroatoms. The highest BCUT2D eigenvalue weighted by Crippen LogP contribution is 2.25. The fourth-order valence-corrected chi connectivity index (χ4v) is 4.97. The van der Waals surface area contributed by atoms with Crippen LogP contribution in [0.5, 0.6) is 0 Å². The smallest absolute Gasteiger partial charge is 0.251 e. The molecule has 1 fully saturated rings. The fraction of sp³-hybridized carbons (Fsp3) is 0.381. The van der Waals surface area contributed by atoms with E-state index in [2.05, 4.69) is 34.5 Å². The third-order valence-corrected chi connectivity index (χ3v) is 6.91. The maximum atomic E-state index is 12.7. The maximum absolute atomic E-state index is 12.7. The number of hydrogen-bond donors (Lipinski definition) is 1. The molecule has 0 radical (unpaired) electrons. The molecular weight excluding hydrogens is 374 g/mol. The lowest BCUT2D eigenvalue weighted by Gasteiger charge is -2.25. The summed E-state index contributed by atoms with van der Waals surface area (Å²) in [7, 11) is 0.699. The van der Waals surface area contributed by atoms with Gasteiger partial charge >= 0.3 is 0 Å². The topological polar surface area (TPSA) is 69.7 Å². The van der Waals surface area contributed by atoms with E-state index in [0.29, 0.717) is 30.8 Å². The van der Waals surface area contributed by atoms with Crippen LogP contribution in [0.15, 0.2) is 48.5 Å². The van der Waals surface area contributed by atoms with Crippen LogP contribution in [-0.2, 0) is 10.0 Å². The zero-order valence-electron chi connectivity index (χ0n) is 16.6. The second kappa shape index (κ2) is 8.32. The van der Waals surface area contributed by atoms with Crippen molar-refractivity contribution < 1.29 is 13.2 Å². The van der Waals surface area contributed by atoms with Gasteiger partial charge in [-0.25, -0.2) is 8.42 Å². The van der Waals surface area contributed by atoms with Crippen molar-refractivity contribution in [1.29, 1.82) is 0 Å². The van der Waals surface area contributed by atoms with E-state index in [-0.39, 0.29) is 17.7 Å². The molecule has 28 heavy (non-hydrogen) atoms. The first-order chi connectivity index (χ1) is 13.3. The quantitative estimate of drug-likeness (QED) is 0.808. The normalized spacial score (nSPS) is 16.9. The summed E-state index contributed by atoms with van der Waals surface area (Å²) in [6.07, 6.45) is 0.611. The van der Waals surface area contributed by atoms with Gasteiger partial charge in [0.2, 0.25) is 10.0 Å². The summed E-state index contributed by atoms with van der Waals surface area (Å²) < 4.78 is 25.7. The summed E-state index contributed by atoms with van der Waals surface area (Å²) in [6.45, 7) is 2.97. The highest BCUT2D eigenvalue weighted by atomic mass is 32.2. The molecule has 1 N–H and O–H groups in total. The number of hydrogen-bond acceptors (Lipinski definition) is 4.